The second kappa shape index (κ2) is 5.95. The van der Waals surface area contributed by atoms with Crippen molar-refractivity contribution in [1.29, 1.82) is 0 Å². The van der Waals surface area contributed by atoms with Crippen molar-refractivity contribution in [2.24, 2.45) is 5.92 Å². The quantitative estimate of drug-likeness (QED) is 0.735. The fourth-order valence-electron chi connectivity index (χ4n) is 1.91. The van der Waals surface area contributed by atoms with E-state index in [0.717, 1.165) is 19.6 Å². The summed E-state index contributed by atoms with van der Waals surface area (Å²) in [5.74, 6) is 0.613. The normalized spacial score (nSPS) is 21.5. The minimum Gasteiger partial charge on any atom is -0.336 e. The molecule has 1 saturated heterocycles. The number of amides is 2. The van der Waals surface area contributed by atoms with Crippen molar-refractivity contribution < 1.29 is 4.79 Å². The predicted octanol–water partition coefficient (Wildman–Crippen LogP) is 1.04. The van der Waals surface area contributed by atoms with Crippen LogP contribution < -0.4 is 10.6 Å². The van der Waals surface area contributed by atoms with Gasteiger partial charge in [-0.3, -0.25) is 0 Å². The molecule has 88 valence electrons. The number of hydrogen-bond acceptors (Lipinski definition) is 2. The molecule has 4 nitrogen and oxygen atoms in total. The van der Waals surface area contributed by atoms with Gasteiger partial charge in [-0.1, -0.05) is 0 Å². The Hall–Kier alpha value is -0.770. The van der Waals surface area contributed by atoms with Crippen molar-refractivity contribution in [1.82, 2.24) is 15.5 Å². The molecule has 15 heavy (non-hydrogen) atoms. The van der Waals surface area contributed by atoms with E-state index < -0.39 is 0 Å². The first kappa shape index (κ1) is 12.3. The van der Waals surface area contributed by atoms with Gasteiger partial charge in [-0.15, -0.1) is 0 Å². The number of carbonyl (C=O) groups excluding carboxylic acids is 1. The monoisotopic (exact) mass is 213 g/mol. The molecule has 0 aromatic rings. The Bertz CT molecular complexity index is 200. The minimum atomic E-state index is 0.0376. The van der Waals surface area contributed by atoms with Crippen LogP contribution in [0.25, 0.3) is 0 Å². The van der Waals surface area contributed by atoms with Gasteiger partial charge in [0.25, 0.3) is 0 Å². The maximum Gasteiger partial charge on any atom is 0.317 e. The average molecular weight is 213 g/mol. The molecule has 0 spiro atoms. The highest BCUT2D eigenvalue weighted by molar-refractivity contribution is 5.74. The van der Waals surface area contributed by atoms with Crippen LogP contribution >= 0.6 is 0 Å². The van der Waals surface area contributed by atoms with E-state index in [1.807, 2.05) is 20.9 Å². The molecule has 1 fully saturated rings. The van der Waals surface area contributed by atoms with Crippen molar-refractivity contribution in [3.05, 3.63) is 0 Å². The van der Waals surface area contributed by atoms with Gasteiger partial charge in [-0.25, -0.2) is 4.79 Å². The molecule has 2 amide bonds. The molecule has 1 heterocycles. The van der Waals surface area contributed by atoms with Crippen LogP contribution in [-0.4, -0.2) is 43.7 Å². The van der Waals surface area contributed by atoms with Gasteiger partial charge >= 0.3 is 6.03 Å². The van der Waals surface area contributed by atoms with Crippen LogP contribution in [0.3, 0.4) is 0 Å². The summed E-state index contributed by atoms with van der Waals surface area (Å²) < 4.78 is 0. The highest BCUT2D eigenvalue weighted by Crippen LogP contribution is 2.10. The smallest absolute Gasteiger partial charge is 0.317 e. The molecule has 0 aromatic heterocycles. The molecular weight excluding hydrogens is 190 g/mol. The zero-order valence-electron chi connectivity index (χ0n) is 10.0. The number of piperidine rings is 1. The van der Waals surface area contributed by atoms with E-state index in [4.69, 9.17) is 0 Å². The third-order valence-corrected chi connectivity index (χ3v) is 2.69. The Morgan fingerprint density at radius 1 is 1.60 bits per heavy atom. The van der Waals surface area contributed by atoms with E-state index in [9.17, 15) is 4.79 Å². The minimum absolute atomic E-state index is 0.0376. The molecule has 2 N–H and O–H groups in total. The Labute approximate surface area is 92.4 Å². The molecule has 0 radical (unpaired) electrons. The third-order valence-electron chi connectivity index (χ3n) is 2.69. The van der Waals surface area contributed by atoms with Crippen LogP contribution in [0.4, 0.5) is 4.79 Å². The molecule has 1 aliphatic rings. The summed E-state index contributed by atoms with van der Waals surface area (Å²) in [5.41, 5.74) is 0. The molecule has 1 unspecified atom stereocenters. The molecular formula is C11H23N3O. The first-order chi connectivity index (χ1) is 7.09. The first-order valence-corrected chi connectivity index (χ1v) is 5.82. The largest absolute Gasteiger partial charge is 0.336 e. The molecule has 1 rings (SSSR count). The van der Waals surface area contributed by atoms with Crippen LogP contribution in [0.2, 0.25) is 0 Å². The number of hydrogen-bond donors (Lipinski definition) is 2. The topological polar surface area (TPSA) is 44.4 Å². The molecule has 0 aromatic carbocycles. The summed E-state index contributed by atoms with van der Waals surface area (Å²) in [7, 11) is 1.87. The van der Waals surface area contributed by atoms with Gasteiger partial charge in [-0.2, -0.15) is 0 Å². The Morgan fingerprint density at radius 2 is 2.33 bits per heavy atom. The maximum atomic E-state index is 11.6. The highest BCUT2D eigenvalue weighted by Gasteiger charge is 2.17. The maximum absolute atomic E-state index is 11.6. The van der Waals surface area contributed by atoms with E-state index in [-0.39, 0.29) is 12.1 Å². The van der Waals surface area contributed by atoms with E-state index in [0.29, 0.717) is 5.92 Å². The second-order valence-corrected chi connectivity index (χ2v) is 4.70. The summed E-state index contributed by atoms with van der Waals surface area (Å²) in [6.45, 7) is 6.98. The number of carbonyl (C=O) groups is 1. The molecule has 1 aliphatic heterocycles. The Kier molecular flexibility index (Phi) is 4.88. The van der Waals surface area contributed by atoms with E-state index in [2.05, 4.69) is 10.6 Å². The number of urea groups is 1. The lowest BCUT2D eigenvalue weighted by Crippen LogP contribution is -2.45. The molecule has 0 bridgehead atoms. The number of rotatable bonds is 3. The van der Waals surface area contributed by atoms with Crippen molar-refractivity contribution in [3.8, 4) is 0 Å². The zero-order valence-corrected chi connectivity index (χ0v) is 10.0. The van der Waals surface area contributed by atoms with Crippen LogP contribution in [-0.2, 0) is 0 Å². The SMILES string of the molecule is CC(C)NC(=O)N(C)CC1CCCNC1. The van der Waals surface area contributed by atoms with Gasteiger partial charge in [-0.05, 0) is 45.7 Å². The molecule has 1 atom stereocenters. The fourth-order valence-corrected chi connectivity index (χ4v) is 1.91. The summed E-state index contributed by atoms with van der Waals surface area (Å²) in [4.78, 5) is 13.4. The Balaban J connectivity index is 2.26. The van der Waals surface area contributed by atoms with E-state index in [1.54, 1.807) is 4.90 Å². The molecule has 0 saturated carbocycles. The second-order valence-electron chi connectivity index (χ2n) is 4.70. The lowest BCUT2D eigenvalue weighted by atomic mass is 9.99. The summed E-state index contributed by atoms with van der Waals surface area (Å²) >= 11 is 0. The van der Waals surface area contributed by atoms with Crippen molar-refractivity contribution in [3.63, 3.8) is 0 Å². The van der Waals surface area contributed by atoms with Crippen molar-refractivity contribution in [2.75, 3.05) is 26.7 Å². The molecule has 4 heteroatoms. The third kappa shape index (κ3) is 4.51. The zero-order chi connectivity index (χ0) is 11.3. The van der Waals surface area contributed by atoms with E-state index in [1.165, 1.54) is 12.8 Å². The van der Waals surface area contributed by atoms with Crippen LogP contribution in [0.1, 0.15) is 26.7 Å². The fraction of sp³-hybridized carbons (Fsp3) is 0.909. The van der Waals surface area contributed by atoms with Gasteiger partial charge in [0.2, 0.25) is 0 Å². The first-order valence-electron chi connectivity index (χ1n) is 5.82. The number of nitrogens with one attached hydrogen (secondary N) is 2. The summed E-state index contributed by atoms with van der Waals surface area (Å²) in [5, 5.41) is 6.26. The van der Waals surface area contributed by atoms with Gasteiger partial charge in [0, 0.05) is 19.6 Å². The van der Waals surface area contributed by atoms with Gasteiger partial charge in [0.15, 0.2) is 0 Å². The Morgan fingerprint density at radius 3 is 2.87 bits per heavy atom. The van der Waals surface area contributed by atoms with Crippen LogP contribution in [0, 0.1) is 5.92 Å². The highest BCUT2D eigenvalue weighted by atomic mass is 16.2. The number of nitrogens with zero attached hydrogens (tertiary/aromatic N) is 1. The molecule has 0 aliphatic carbocycles. The van der Waals surface area contributed by atoms with Gasteiger partial charge in [0.05, 0.1) is 0 Å². The van der Waals surface area contributed by atoms with Crippen molar-refractivity contribution in [2.45, 2.75) is 32.7 Å². The lowest BCUT2D eigenvalue weighted by Gasteiger charge is -2.28. The summed E-state index contributed by atoms with van der Waals surface area (Å²) in [6.07, 6.45) is 2.45. The van der Waals surface area contributed by atoms with Gasteiger partial charge < -0.3 is 15.5 Å². The van der Waals surface area contributed by atoms with Gasteiger partial charge in [0.1, 0.15) is 0 Å². The van der Waals surface area contributed by atoms with Crippen LogP contribution in [0.5, 0.6) is 0 Å². The van der Waals surface area contributed by atoms with Crippen molar-refractivity contribution >= 4 is 6.03 Å². The van der Waals surface area contributed by atoms with Crippen LogP contribution in [0.15, 0.2) is 0 Å². The summed E-state index contributed by atoms with van der Waals surface area (Å²) in [6, 6.07) is 0.250. The predicted molar refractivity (Wildman–Crippen MR) is 61.9 cm³/mol. The lowest BCUT2D eigenvalue weighted by molar-refractivity contribution is 0.192. The average Bonchev–Trinajstić information content (AvgIpc) is 2.18. The van der Waals surface area contributed by atoms with E-state index >= 15 is 0 Å². The standard InChI is InChI=1S/C11H23N3O/c1-9(2)13-11(15)14(3)8-10-5-4-6-12-7-10/h9-10,12H,4-8H2,1-3H3,(H,13,15).